The van der Waals surface area contributed by atoms with E-state index >= 15 is 0 Å². The maximum atomic E-state index is 12.2. The predicted molar refractivity (Wildman–Crippen MR) is 128 cm³/mol. The fraction of sp³-hybridized carbons (Fsp3) is 0.143. The largest absolute Gasteiger partial charge is 0.494 e. The zero-order valence-corrected chi connectivity index (χ0v) is 19.8. The second-order valence-corrected chi connectivity index (χ2v) is 9.55. The Morgan fingerprint density at radius 2 is 1.81 bits per heavy atom. The van der Waals surface area contributed by atoms with Gasteiger partial charge in [-0.15, -0.1) is 0 Å². The molecule has 0 amide bonds. The van der Waals surface area contributed by atoms with Crippen LogP contribution in [-0.2, 0) is 10.0 Å². The molecule has 0 saturated carbocycles. The van der Waals surface area contributed by atoms with Crippen LogP contribution in [-0.4, -0.2) is 31.3 Å². The van der Waals surface area contributed by atoms with Crippen LogP contribution in [0.3, 0.4) is 0 Å². The highest BCUT2D eigenvalue weighted by Crippen LogP contribution is 2.28. The number of sulfonamides is 1. The lowest BCUT2D eigenvalue weighted by atomic mass is 10.1. The molecule has 31 heavy (non-hydrogen) atoms. The fourth-order valence-electron chi connectivity index (χ4n) is 2.86. The van der Waals surface area contributed by atoms with Crippen molar-refractivity contribution in [3.8, 4) is 23.3 Å². The van der Waals surface area contributed by atoms with Crippen LogP contribution >= 0.6 is 22.6 Å². The van der Waals surface area contributed by atoms with E-state index in [2.05, 4.69) is 44.1 Å². The normalized spacial score (nSPS) is 10.8. The van der Waals surface area contributed by atoms with E-state index < -0.39 is 21.3 Å². The number of hydrogen-bond donors (Lipinski definition) is 2. The van der Waals surface area contributed by atoms with Gasteiger partial charge in [0.15, 0.2) is 0 Å². The topological polar surface area (TPSA) is 110 Å². The molecular formula is C21H18IN3O5S. The molecule has 160 valence electrons. The third-order valence-electron chi connectivity index (χ3n) is 4.20. The molecule has 1 aromatic heterocycles. The zero-order valence-electron chi connectivity index (χ0n) is 16.8. The number of rotatable bonds is 4. The quantitative estimate of drug-likeness (QED) is 0.382. The number of anilines is 1. The highest BCUT2D eigenvalue weighted by Gasteiger charge is 2.11. The Labute approximate surface area is 192 Å². The van der Waals surface area contributed by atoms with E-state index in [4.69, 9.17) is 4.74 Å². The summed E-state index contributed by atoms with van der Waals surface area (Å²) in [6, 6.07) is 9.77. The number of nitrogens with one attached hydrogen (secondary N) is 2. The third-order valence-corrected chi connectivity index (χ3v) is 5.60. The van der Waals surface area contributed by atoms with Crippen LogP contribution in [0.2, 0.25) is 0 Å². The molecule has 0 aliphatic rings. The van der Waals surface area contributed by atoms with Crippen LogP contribution < -0.4 is 20.7 Å². The molecule has 3 aromatic rings. The number of aryl methyl sites for hydroxylation is 1. The highest BCUT2D eigenvalue weighted by atomic mass is 127. The first kappa shape index (κ1) is 22.6. The van der Waals surface area contributed by atoms with Crippen molar-refractivity contribution in [2.75, 3.05) is 18.1 Å². The average Bonchev–Trinajstić information content (AvgIpc) is 2.65. The molecule has 8 nitrogen and oxygen atoms in total. The summed E-state index contributed by atoms with van der Waals surface area (Å²) in [5.74, 6) is 6.69. The fourth-order valence-corrected chi connectivity index (χ4v) is 4.24. The number of aromatic nitrogens is 2. The Morgan fingerprint density at radius 3 is 2.42 bits per heavy atom. The number of H-pyrrole nitrogens is 1. The minimum atomic E-state index is -3.37. The van der Waals surface area contributed by atoms with Crippen LogP contribution in [0.4, 0.5) is 5.69 Å². The second kappa shape index (κ2) is 8.99. The molecule has 3 rings (SSSR count). The Bertz CT molecular complexity index is 1450. The summed E-state index contributed by atoms with van der Waals surface area (Å²) in [7, 11) is -1.83. The summed E-state index contributed by atoms with van der Waals surface area (Å²) in [4.78, 5) is 25.7. The van der Waals surface area contributed by atoms with Crippen molar-refractivity contribution in [2.45, 2.75) is 6.92 Å². The number of hydrogen-bond acceptors (Lipinski definition) is 5. The summed E-state index contributed by atoms with van der Waals surface area (Å²) in [6.07, 6.45) is 2.48. The molecule has 2 aromatic carbocycles. The number of ether oxygens (including phenoxy) is 1. The molecule has 0 unspecified atom stereocenters. The first-order valence-electron chi connectivity index (χ1n) is 8.88. The molecule has 1 heterocycles. The van der Waals surface area contributed by atoms with E-state index in [9.17, 15) is 18.0 Å². The second-order valence-electron chi connectivity index (χ2n) is 6.64. The van der Waals surface area contributed by atoms with Crippen molar-refractivity contribution in [1.29, 1.82) is 0 Å². The van der Waals surface area contributed by atoms with Crippen LogP contribution in [0.1, 0.15) is 16.7 Å². The standard InChI is InChI=1S/C21H18IN3O5S/c1-13-10-16(24-31(3,28)29)7-6-14(13)4-5-15-11-17(12-18(22)20(15)30-2)25-9-8-19(26)23-21(25)27/h6-12,24H,1-3H3,(H,23,26,27). The molecule has 0 fully saturated rings. The number of nitrogens with zero attached hydrogens (tertiary/aromatic N) is 1. The highest BCUT2D eigenvalue weighted by molar-refractivity contribution is 14.1. The number of methoxy groups -OCH3 is 1. The molecule has 0 saturated heterocycles. The summed E-state index contributed by atoms with van der Waals surface area (Å²) < 4.78 is 32.8. The van der Waals surface area contributed by atoms with Gasteiger partial charge in [0, 0.05) is 23.5 Å². The number of benzene rings is 2. The van der Waals surface area contributed by atoms with Gasteiger partial charge in [0.1, 0.15) is 5.75 Å². The number of halogens is 1. The van der Waals surface area contributed by atoms with E-state index in [1.54, 1.807) is 30.3 Å². The van der Waals surface area contributed by atoms with Crippen molar-refractivity contribution >= 4 is 38.3 Å². The van der Waals surface area contributed by atoms with Gasteiger partial charge >= 0.3 is 5.69 Å². The van der Waals surface area contributed by atoms with Crippen molar-refractivity contribution in [1.82, 2.24) is 9.55 Å². The van der Waals surface area contributed by atoms with Crippen molar-refractivity contribution in [3.05, 3.63) is 83.7 Å². The molecule has 0 spiro atoms. The minimum Gasteiger partial charge on any atom is -0.494 e. The third kappa shape index (κ3) is 5.56. The summed E-state index contributed by atoms with van der Waals surface area (Å²) in [6.45, 7) is 1.83. The van der Waals surface area contributed by atoms with Crippen molar-refractivity contribution < 1.29 is 13.2 Å². The van der Waals surface area contributed by atoms with Gasteiger partial charge in [0.25, 0.3) is 5.56 Å². The Morgan fingerprint density at radius 1 is 1.10 bits per heavy atom. The Balaban J connectivity index is 2.06. The molecule has 0 aliphatic heterocycles. The van der Waals surface area contributed by atoms with E-state index in [0.717, 1.165) is 15.4 Å². The zero-order chi connectivity index (χ0) is 22.8. The average molecular weight is 551 g/mol. The van der Waals surface area contributed by atoms with E-state index in [-0.39, 0.29) is 0 Å². The lowest BCUT2D eigenvalue weighted by Gasteiger charge is -2.11. The summed E-state index contributed by atoms with van der Waals surface area (Å²) in [5, 5.41) is 0. The van der Waals surface area contributed by atoms with Gasteiger partial charge < -0.3 is 4.74 Å². The monoisotopic (exact) mass is 551 g/mol. The Kier molecular flexibility index (Phi) is 6.56. The van der Waals surface area contributed by atoms with Gasteiger partial charge in [-0.1, -0.05) is 11.8 Å². The molecular weight excluding hydrogens is 533 g/mol. The van der Waals surface area contributed by atoms with E-state index in [1.807, 2.05) is 6.92 Å². The minimum absolute atomic E-state index is 0.456. The lowest BCUT2D eigenvalue weighted by Crippen LogP contribution is -2.27. The lowest BCUT2D eigenvalue weighted by molar-refractivity contribution is 0.410. The molecule has 0 aliphatic carbocycles. The van der Waals surface area contributed by atoms with E-state index in [0.29, 0.717) is 28.3 Å². The SMILES string of the molecule is COc1c(I)cc(-n2ccc(=O)[nH]c2=O)cc1C#Cc1ccc(NS(C)(=O)=O)cc1C. The first-order valence-corrected chi connectivity index (χ1v) is 11.8. The smallest absolute Gasteiger partial charge is 0.332 e. The van der Waals surface area contributed by atoms with Gasteiger partial charge in [0.05, 0.1) is 28.2 Å². The predicted octanol–water partition coefficient (Wildman–Crippen LogP) is 2.22. The van der Waals surface area contributed by atoms with Crippen LogP contribution in [0, 0.1) is 22.3 Å². The first-order chi connectivity index (χ1) is 14.6. The summed E-state index contributed by atoms with van der Waals surface area (Å²) in [5.41, 5.74) is 2.01. The molecule has 10 heteroatoms. The van der Waals surface area contributed by atoms with Gasteiger partial charge in [-0.3, -0.25) is 19.1 Å². The van der Waals surface area contributed by atoms with Gasteiger partial charge in [-0.05, 0) is 65.4 Å². The Hall–Kier alpha value is -3.04. The van der Waals surface area contributed by atoms with Gasteiger partial charge in [0.2, 0.25) is 10.0 Å². The van der Waals surface area contributed by atoms with Crippen molar-refractivity contribution in [3.63, 3.8) is 0 Å². The summed E-state index contributed by atoms with van der Waals surface area (Å²) >= 11 is 2.09. The van der Waals surface area contributed by atoms with Gasteiger partial charge in [-0.25, -0.2) is 13.2 Å². The van der Waals surface area contributed by atoms with Crippen molar-refractivity contribution in [2.24, 2.45) is 0 Å². The molecule has 2 N–H and O–H groups in total. The maximum Gasteiger partial charge on any atom is 0.332 e. The van der Waals surface area contributed by atoms with Crippen LogP contribution in [0.5, 0.6) is 5.75 Å². The molecule has 0 bridgehead atoms. The maximum absolute atomic E-state index is 12.2. The van der Waals surface area contributed by atoms with Crippen LogP contribution in [0.15, 0.2) is 52.2 Å². The molecule has 0 atom stereocenters. The van der Waals surface area contributed by atoms with Crippen LogP contribution in [0.25, 0.3) is 5.69 Å². The van der Waals surface area contributed by atoms with E-state index in [1.165, 1.54) is 23.9 Å². The van der Waals surface area contributed by atoms with Gasteiger partial charge in [-0.2, -0.15) is 0 Å². The number of aromatic amines is 1. The molecule has 0 radical (unpaired) electrons.